The lowest BCUT2D eigenvalue weighted by atomic mass is 10.0. The minimum absolute atomic E-state index is 0.164. The number of carbonyl (C=O) groups excluding carboxylic acids is 2. The topological polar surface area (TPSA) is 96.0 Å². The van der Waals surface area contributed by atoms with Gasteiger partial charge in [-0.1, -0.05) is 54.6 Å². The van der Waals surface area contributed by atoms with Gasteiger partial charge in [0, 0.05) is 32.6 Å². The average molecular weight is 564 g/mol. The number of amides is 2. The highest BCUT2D eigenvalue weighted by atomic mass is 32.2. The molecule has 9 heteroatoms. The zero-order valence-electron chi connectivity index (χ0n) is 23.1. The van der Waals surface area contributed by atoms with E-state index in [0.717, 1.165) is 29.5 Å². The van der Waals surface area contributed by atoms with E-state index < -0.39 is 16.1 Å². The lowest BCUT2D eigenvalue weighted by Crippen LogP contribution is -2.43. The van der Waals surface area contributed by atoms with Crippen molar-refractivity contribution in [2.45, 2.75) is 50.1 Å². The summed E-state index contributed by atoms with van der Waals surface area (Å²) < 4.78 is 32.5. The van der Waals surface area contributed by atoms with Gasteiger partial charge in [-0.25, -0.2) is 8.42 Å². The molecule has 3 aromatic carbocycles. The quantitative estimate of drug-likeness (QED) is 0.354. The number of aryl methyl sites for hydroxylation is 1. The summed E-state index contributed by atoms with van der Waals surface area (Å²) in [5.74, 6) is 0.289. The number of hydrogen-bond donors (Lipinski definition) is 1. The molecule has 40 heavy (non-hydrogen) atoms. The summed E-state index contributed by atoms with van der Waals surface area (Å²) >= 11 is 0. The number of hydrogen-bond acceptors (Lipinski definition) is 5. The van der Waals surface area contributed by atoms with Gasteiger partial charge in [-0.3, -0.25) is 9.59 Å². The van der Waals surface area contributed by atoms with E-state index in [0.29, 0.717) is 31.8 Å². The second-order valence-corrected chi connectivity index (χ2v) is 11.8. The summed E-state index contributed by atoms with van der Waals surface area (Å²) in [6.45, 7) is 3.64. The zero-order valence-corrected chi connectivity index (χ0v) is 23.9. The van der Waals surface area contributed by atoms with Gasteiger partial charge in [0.25, 0.3) is 0 Å². The number of nitrogens with zero attached hydrogens (tertiary/aromatic N) is 2. The maximum Gasteiger partial charge on any atom is 0.247 e. The van der Waals surface area contributed by atoms with E-state index in [9.17, 15) is 18.0 Å². The summed E-state index contributed by atoms with van der Waals surface area (Å²) in [5.41, 5.74) is 2.45. The van der Waals surface area contributed by atoms with Crippen LogP contribution in [0.4, 0.5) is 0 Å². The number of ether oxygens (including phenoxy) is 1. The van der Waals surface area contributed by atoms with Crippen molar-refractivity contribution in [2.24, 2.45) is 0 Å². The molecule has 1 atom stereocenters. The van der Waals surface area contributed by atoms with Gasteiger partial charge in [-0.05, 0) is 67.1 Å². The predicted molar refractivity (Wildman–Crippen MR) is 154 cm³/mol. The van der Waals surface area contributed by atoms with Crippen molar-refractivity contribution in [2.75, 3.05) is 26.7 Å². The maximum atomic E-state index is 13.8. The SMILES string of the molecule is CCNC(=O)[C@@H](c1ccccc1)N(Cc1ccc(OC)cc1)C(=O)CCc1ccc(S(=O)(=O)N2CCCC2)cc1. The molecule has 0 bridgehead atoms. The molecule has 0 unspecified atom stereocenters. The third-order valence-corrected chi connectivity index (χ3v) is 9.03. The molecule has 1 saturated heterocycles. The Hall–Kier alpha value is -3.69. The Balaban J connectivity index is 1.55. The van der Waals surface area contributed by atoms with Gasteiger partial charge in [-0.15, -0.1) is 0 Å². The Kier molecular flexibility index (Phi) is 9.95. The van der Waals surface area contributed by atoms with Crippen LogP contribution in [0.5, 0.6) is 5.75 Å². The van der Waals surface area contributed by atoms with Crippen LogP contribution in [0.25, 0.3) is 0 Å². The number of methoxy groups -OCH3 is 1. The van der Waals surface area contributed by atoms with E-state index in [-0.39, 0.29) is 29.7 Å². The average Bonchev–Trinajstić information content (AvgIpc) is 3.53. The standard InChI is InChI=1S/C31H37N3O5S/c1-3-32-31(36)30(26-9-5-4-6-10-26)34(23-25-11-16-27(39-2)17-12-25)29(35)20-15-24-13-18-28(19-14-24)40(37,38)33-21-7-8-22-33/h4-6,9-14,16-19,30H,3,7-8,15,20-23H2,1-2H3,(H,32,36)/t30-/m1/s1. The normalized spacial score (nSPS) is 14.4. The molecule has 1 aliphatic rings. The van der Waals surface area contributed by atoms with E-state index in [1.807, 2.05) is 61.5 Å². The van der Waals surface area contributed by atoms with Gasteiger partial charge in [0.05, 0.1) is 12.0 Å². The van der Waals surface area contributed by atoms with Crippen LogP contribution in [0.15, 0.2) is 83.8 Å². The summed E-state index contributed by atoms with van der Waals surface area (Å²) in [6, 6.07) is 22.7. The summed E-state index contributed by atoms with van der Waals surface area (Å²) in [4.78, 5) is 29.0. The molecule has 1 N–H and O–H groups in total. The Morgan fingerprint density at radius 2 is 1.55 bits per heavy atom. The van der Waals surface area contributed by atoms with Crippen molar-refractivity contribution in [3.8, 4) is 5.75 Å². The van der Waals surface area contributed by atoms with Crippen LogP contribution in [-0.4, -0.2) is 56.2 Å². The molecule has 1 heterocycles. The van der Waals surface area contributed by atoms with E-state index in [2.05, 4.69) is 5.32 Å². The van der Waals surface area contributed by atoms with Gasteiger partial charge >= 0.3 is 0 Å². The molecule has 0 aromatic heterocycles. The molecule has 3 aromatic rings. The number of nitrogens with one attached hydrogen (secondary N) is 1. The first-order chi connectivity index (χ1) is 19.3. The van der Waals surface area contributed by atoms with Crippen LogP contribution in [0.2, 0.25) is 0 Å². The van der Waals surface area contributed by atoms with Crippen LogP contribution in [-0.2, 0) is 32.6 Å². The number of benzene rings is 3. The first kappa shape index (κ1) is 29.3. The fraction of sp³-hybridized carbons (Fsp3) is 0.355. The smallest absolute Gasteiger partial charge is 0.247 e. The van der Waals surface area contributed by atoms with Crippen LogP contribution in [0, 0.1) is 0 Å². The highest BCUT2D eigenvalue weighted by Crippen LogP contribution is 2.26. The Labute approximate surface area is 237 Å². The maximum absolute atomic E-state index is 13.8. The molecule has 212 valence electrons. The monoisotopic (exact) mass is 563 g/mol. The van der Waals surface area contributed by atoms with Gasteiger partial charge < -0.3 is 15.0 Å². The summed E-state index contributed by atoms with van der Waals surface area (Å²) in [5, 5.41) is 2.89. The van der Waals surface area contributed by atoms with Gasteiger partial charge in [-0.2, -0.15) is 4.31 Å². The molecule has 0 saturated carbocycles. The fourth-order valence-electron chi connectivity index (χ4n) is 4.93. The molecule has 4 rings (SSSR count). The van der Waals surface area contributed by atoms with Crippen molar-refractivity contribution >= 4 is 21.8 Å². The third kappa shape index (κ3) is 7.08. The van der Waals surface area contributed by atoms with E-state index in [1.54, 1.807) is 36.3 Å². The Morgan fingerprint density at radius 1 is 0.925 bits per heavy atom. The van der Waals surface area contributed by atoms with Crippen LogP contribution in [0.3, 0.4) is 0 Å². The van der Waals surface area contributed by atoms with Gasteiger partial charge in [0.15, 0.2) is 0 Å². The van der Waals surface area contributed by atoms with E-state index in [1.165, 1.54) is 4.31 Å². The van der Waals surface area contributed by atoms with Crippen LogP contribution in [0.1, 0.15) is 48.9 Å². The van der Waals surface area contributed by atoms with Crippen LogP contribution < -0.4 is 10.1 Å². The number of sulfonamides is 1. The predicted octanol–water partition coefficient (Wildman–Crippen LogP) is 4.32. The minimum atomic E-state index is -3.49. The van der Waals surface area contributed by atoms with E-state index >= 15 is 0 Å². The van der Waals surface area contributed by atoms with Crippen molar-refractivity contribution in [3.05, 3.63) is 95.6 Å². The van der Waals surface area contributed by atoms with Gasteiger partial charge in [0.2, 0.25) is 21.8 Å². The Morgan fingerprint density at radius 3 is 2.15 bits per heavy atom. The molecule has 1 aliphatic heterocycles. The first-order valence-electron chi connectivity index (χ1n) is 13.7. The summed E-state index contributed by atoms with van der Waals surface area (Å²) in [6.07, 6.45) is 2.34. The first-order valence-corrected chi connectivity index (χ1v) is 15.1. The second-order valence-electron chi connectivity index (χ2n) is 9.83. The number of rotatable bonds is 12. The number of carbonyl (C=O) groups is 2. The zero-order chi connectivity index (χ0) is 28.5. The van der Waals surface area contributed by atoms with Crippen molar-refractivity contribution in [1.29, 1.82) is 0 Å². The third-order valence-electron chi connectivity index (χ3n) is 7.11. The molecular weight excluding hydrogens is 526 g/mol. The molecule has 2 amide bonds. The molecule has 0 aliphatic carbocycles. The minimum Gasteiger partial charge on any atom is -0.497 e. The van der Waals surface area contributed by atoms with Crippen molar-refractivity contribution in [3.63, 3.8) is 0 Å². The fourth-order valence-corrected chi connectivity index (χ4v) is 6.45. The van der Waals surface area contributed by atoms with Crippen molar-refractivity contribution < 1.29 is 22.7 Å². The molecule has 0 spiro atoms. The molecule has 1 fully saturated rings. The lowest BCUT2D eigenvalue weighted by molar-refractivity contribution is -0.141. The molecular formula is C31H37N3O5S. The Bertz CT molecular complexity index is 1370. The molecule has 0 radical (unpaired) electrons. The number of likely N-dealkylation sites (N-methyl/N-ethyl adjacent to an activating group) is 1. The highest BCUT2D eigenvalue weighted by Gasteiger charge is 2.31. The van der Waals surface area contributed by atoms with Gasteiger partial charge in [0.1, 0.15) is 11.8 Å². The van der Waals surface area contributed by atoms with Crippen molar-refractivity contribution in [1.82, 2.24) is 14.5 Å². The van der Waals surface area contributed by atoms with E-state index in [4.69, 9.17) is 4.74 Å². The second kappa shape index (κ2) is 13.6. The largest absolute Gasteiger partial charge is 0.497 e. The van der Waals surface area contributed by atoms with Crippen LogP contribution >= 0.6 is 0 Å². The lowest BCUT2D eigenvalue weighted by Gasteiger charge is -2.31. The highest BCUT2D eigenvalue weighted by molar-refractivity contribution is 7.89. The molecule has 8 nitrogen and oxygen atoms in total. The summed E-state index contributed by atoms with van der Waals surface area (Å²) in [7, 11) is -1.90.